The van der Waals surface area contributed by atoms with Crippen LogP contribution in [0.2, 0.25) is 0 Å². The van der Waals surface area contributed by atoms with Crippen LogP contribution in [0, 0.1) is 0 Å². The summed E-state index contributed by atoms with van der Waals surface area (Å²) in [6.07, 6.45) is 4.45. The van der Waals surface area contributed by atoms with Gasteiger partial charge in [-0.15, -0.1) is 0 Å². The Morgan fingerprint density at radius 2 is 0.849 bits per heavy atom. The van der Waals surface area contributed by atoms with Gasteiger partial charge in [0.05, 0.1) is 39.9 Å². The van der Waals surface area contributed by atoms with Crippen molar-refractivity contribution in [2.24, 2.45) is 0 Å². The van der Waals surface area contributed by atoms with Gasteiger partial charge in [0.15, 0.2) is 0 Å². The Morgan fingerprint density at radius 1 is 0.453 bits per heavy atom. The van der Waals surface area contributed by atoms with E-state index in [1.165, 1.54) is 67.1 Å². The lowest BCUT2D eigenvalue weighted by Gasteiger charge is -2.10. The molecule has 0 aliphatic rings. The molecule has 0 aromatic heterocycles. The molecule has 5 aromatic carbocycles. The number of carbonyl (C=O) groups is 4. The minimum Gasteiger partial charge on any atom is -0.494 e. The van der Waals surface area contributed by atoms with Crippen LogP contribution in [-0.2, 0) is 0 Å². The van der Waals surface area contributed by atoms with Crippen LogP contribution in [0.25, 0.3) is 0 Å². The zero-order valence-electron chi connectivity index (χ0n) is 29.2. The van der Waals surface area contributed by atoms with Gasteiger partial charge in [-0.3, -0.25) is 0 Å². The monoisotopic (exact) mass is 780 g/mol. The third kappa shape index (κ3) is 11.3. The number of rotatable bonds is 16. The lowest BCUT2D eigenvalue weighted by Crippen LogP contribution is -2.12. The van der Waals surface area contributed by atoms with Crippen molar-refractivity contribution in [3.8, 4) is 34.5 Å². The molecule has 53 heavy (non-hydrogen) atoms. The number of unbranched alkanes of at least 4 members (excludes halogenated alkanes) is 3. The van der Waals surface area contributed by atoms with Gasteiger partial charge in [0.1, 0.15) is 34.5 Å². The molecule has 0 atom stereocenters. The minimum atomic E-state index is -0.699. The minimum absolute atomic E-state index is 0.105. The Morgan fingerprint density at radius 3 is 1.36 bits per heavy atom. The molecular formula is C42H37BrO10. The zero-order chi connectivity index (χ0) is 37.6. The van der Waals surface area contributed by atoms with Crippen molar-refractivity contribution in [2.75, 3.05) is 13.2 Å². The number of esters is 4. The van der Waals surface area contributed by atoms with E-state index < -0.39 is 23.9 Å². The van der Waals surface area contributed by atoms with E-state index in [0.717, 1.165) is 19.3 Å². The molecule has 0 bridgehead atoms. The van der Waals surface area contributed by atoms with Crippen molar-refractivity contribution in [3.05, 3.63) is 142 Å². The SMILES string of the molecule is CCCCCCOc1ccc(OC(=O)c2ccc(C(=O)Oc3cc(OC(=O)c4ccc(OC(=O)c5ccc(OCC)cc5)cc4)ccc3Br)cc2)cc1. The highest BCUT2D eigenvalue weighted by Gasteiger charge is 2.17. The van der Waals surface area contributed by atoms with Crippen molar-refractivity contribution in [1.82, 2.24) is 0 Å². The van der Waals surface area contributed by atoms with Gasteiger partial charge in [-0.1, -0.05) is 26.2 Å². The van der Waals surface area contributed by atoms with Crippen LogP contribution in [0.4, 0.5) is 0 Å². The molecule has 0 saturated heterocycles. The quantitative estimate of drug-likeness (QED) is 0.0543. The maximum atomic E-state index is 13.0. The van der Waals surface area contributed by atoms with Gasteiger partial charge in [0.2, 0.25) is 0 Å². The molecular weight excluding hydrogens is 744 g/mol. The highest BCUT2D eigenvalue weighted by atomic mass is 79.9. The highest BCUT2D eigenvalue weighted by molar-refractivity contribution is 9.10. The van der Waals surface area contributed by atoms with E-state index in [1.54, 1.807) is 54.6 Å². The van der Waals surface area contributed by atoms with E-state index >= 15 is 0 Å². The average Bonchev–Trinajstić information content (AvgIpc) is 3.17. The summed E-state index contributed by atoms with van der Waals surface area (Å²) in [5.74, 6) is -0.352. The Bertz CT molecular complexity index is 2010. The Balaban J connectivity index is 1.12. The first-order chi connectivity index (χ1) is 25.7. The number of carbonyl (C=O) groups excluding carboxylic acids is 4. The molecule has 0 amide bonds. The standard InChI is InChI=1S/C42H37BrO10/c1-3-5-6-7-26-49-33-20-22-35(23-21-33)51-39(44)28-8-10-29(11-9-28)42(47)53-38-27-36(24-25-37(38)43)52-41(46)31-14-18-34(19-15-31)50-40(45)30-12-16-32(17-13-30)48-4-2/h8-25,27H,3-7,26H2,1-2H3. The van der Waals surface area contributed by atoms with Gasteiger partial charge in [-0.2, -0.15) is 0 Å². The summed E-state index contributed by atoms with van der Waals surface area (Å²) in [6, 6.07) is 29.6. The number of halogens is 1. The Hall–Kier alpha value is -5.94. The van der Waals surface area contributed by atoms with Gasteiger partial charge in [0.25, 0.3) is 0 Å². The first-order valence-electron chi connectivity index (χ1n) is 17.1. The molecule has 0 unspecified atom stereocenters. The van der Waals surface area contributed by atoms with Gasteiger partial charge in [-0.25, -0.2) is 19.2 Å². The molecule has 11 heteroatoms. The van der Waals surface area contributed by atoms with Gasteiger partial charge in [-0.05, 0) is 138 Å². The molecule has 0 aliphatic heterocycles. The maximum Gasteiger partial charge on any atom is 0.343 e. The summed E-state index contributed by atoms with van der Waals surface area (Å²) in [5.41, 5.74) is 0.967. The summed E-state index contributed by atoms with van der Waals surface area (Å²) in [6.45, 7) is 5.18. The molecule has 0 radical (unpaired) electrons. The van der Waals surface area contributed by atoms with E-state index in [0.29, 0.717) is 40.5 Å². The van der Waals surface area contributed by atoms with Crippen LogP contribution in [0.15, 0.2) is 120 Å². The molecule has 0 fully saturated rings. The van der Waals surface area contributed by atoms with Crippen molar-refractivity contribution >= 4 is 39.8 Å². The van der Waals surface area contributed by atoms with E-state index in [2.05, 4.69) is 22.9 Å². The summed E-state index contributed by atoms with van der Waals surface area (Å²) in [7, 11) is 0. The predicted octanol–water partition coefficient (Wildman–Crippen LogP) is 9.68. The normalized spacial score (nSPS) is 10.5. The molecule has 0 aliphatic carbocycles. The molecule has 0 N–H and O–H groups in total. The lowest BCUT2D eigenvalue weighted by atomic mass is 10.1. The molecule has 0 spiro atoms. The average molecular weight is 782 g/mol. The van der Waals surface area contributed by atoms with Crippen molar-refractivity contribution in [1.29, 1.82) is 0 Å². The Kier molecular flexibility index (Phi) is 13.8. The lowest BCUT2D eigenvalue weighted by molar-refractivity contribution is 0.0716. The van der Waals surface area contributed by atoms with Crippen LogP contribution < -0.4 is 28.4 Å². The maximum absolute atomic E-state index is 13.0. The number of benzene rings is 5. The van der Waals surface area contributed by atoms with Gasteiger partial charge in [0, 0.05) is 6.07 Å². The van der Waals surface area contributed by atoms with Crippen LogP contribution >= 0.6 is 15.9 Å². The molecule has 0 saturated carbocycles. The van der Waals surface area contributed by atoms with Crippen LogP contribution in [0.1, 0.15) is 81.0 Å². The van der Waals surface area contributed by atoms with Crippen molar-refractivity contribution in [2.45, 2.75) is 39.5 Å². The first-order valence-corrected chi connectivity index (χ1v) is 17.9. The van der Waals surface area contributed by atoms with E-state index in [4.69, 9.17) is 28.4 Å². The predicted molar refractivity (Wildman–Crippen MR) is 201 cm³/mol. The topological polar surface area (TPSA) is 124 Å². The fourth-order valence-electron chi connectivity index (χ4n) is 4.86. The molecule has 272 valence electrons. The van der Waals surface area contributed by atoms with Crippen molar-refractivity contribution < 1.29 is 47.6 Å². The van der Waals surface area contributed by atoms with Crippen molar-refractivity contribution in [3.63, 3.8) is 0 Å². The second kappa shape index (κ2) is 19.1. The van der Waals surface area contributed by atoms with E-state index in [9.17, 15) is 19.2 Å². The second-order valence-corrected chi connectivity index (χ2v) is 12.4. The second-order valence-electron chi connectivity index (χ2n) is 11.6. The molecule has 5 aromatic rings. The smallest absolute Gasteiger partial charge is 0.343 e. The fraction of sp³-hybridized carbons (Fsp3) is 0.190. The highest BCUT2D eigenvalue weighted by Crippen LogP contribution is 2.31. The van der Waals surface area contributed by atoms with E-state index in [1.807, 2.05) is 6.92 Å². The van der Waals surface area contributed by atoms with Gasteiger partial charge < -0.3 is 28.4 Å². The third-order valence-corrected chi connectivity index (χ3v) is 8.33. The number of hydrogen-bond acceptors (Lipinski definition) is 10. The van der Waals surface area contributed by atoms with Gasteiger partial charge >= 0.3 is 23.9 Å². The Labute approximate surface area is 315 Å². The largest absolute Gasteiger partial charge is 0.494 e. The summed E-state index contributed by atoms with van der Waals surface area (Å²) >= 11 is 3.35. The number of hydrogen-bond donors (Lipinski definition) is 0. The number of ether oxygens (including phenoxy) is 6. The zero-order valence-corrected chi connectivity index (χ0v) is 30.8. The third-order valence-electron chi connectivity index (χ3n) is 7.67. The summed E-state index contributed by atoms with van der Waals surface area (Å²) in [5, 5.41) is 0. The van der Waals surface area contributed by atoms with Crippen LogP contribution in [0.3, 0.4) is 0 Å². The fourth-order valence-corrected chi connectivity index (χ4v) is 5.19. The molecule has 10 nitrogen and oxygen atoms in total. The molecule has 0 heterocycles. The summed E-state index contributed by atoms with van der Waals surface area (Å²) < 4.78 is 33.5. The van der Waals surface area contributed by atoms with Crippen LogP contribution in [0.5, 0.6) is 34.5 Å². The molecule has 5 rings (SSSR count). The summed E-state index contributed by atoms with van der Waals surface area (Å²) in [4.78, 5) is 51.1. The van der Waals surface area contributed by atoms with E-state index in [-0.39, 0.29) is 33.9 Å². The van der Waals surface area contributed by atoms with Crippen LogP contribution in [-0.4, -0.2) is 37.1 Å². The first kappa shape index (κ1) is 38.3.